The van der Waals surface area contributed by atoms with Gasteiger partial charge in [-0.15, -0.1) is 0 Å². The summed E-state index contributed by atoms with van der Waals surface area (Å²) in [5, 5.41) is 6.30. The van der Waals surface area contributed by atoms with Crippen LogP contribution in [0, 0.1) is 5.92 Å². The average molecular weight is 469 g/mol. The van der Waals surface area contributed by atoms with Gasteiger partial charge in [-0.2, -0.15) is 13.2 Å². The van der Waals surface area contributed by atoms with Gasteiger partial charge >= 0.3 is 6.18 Å². The third-order valence-corrected chi connectivity index (χ3v) is 5.85. The van der Waals surface area contributed by atoms with Crippen LogP contribution in [0.5, 0.6) is 5.75 Å². The Bertz CT molecular complexity index is 926. The molecule has 0 saturated heterocycles. The molecule has 1 fully saturated rings. The first-order valence-electron chi connectivity index (χ1n) is 10.8. The zero-order valence-corrected chi connectivity index (χ0v) is 18.9. The van der Waals surface area contributed by atoms with E-state index in [1.54, 1.807) is 0 Å². The molecule has 3 rings (SSSR count). The Kier molecular flexibility index (Phi) is 7.93. The first-order chi connectivity index (χ1) is 15.1. The highest BCUT2D eigenvalue weighted by Gasteiger charge is 2.32. The van der Waals surface area contributed by atoms with Crippen LogP contribution in [-0.2, 0) is 6.18 Å². The van der Waals surface area contributed by atoms with E-state index in [0.29, 0.717) is 5.92 Å². The molecule has 4 nitrogen and oxygen atoms in total. The van der Waals surface area contributed by atoms with Crippen LogP contribution in [0.4, 0.5) is 18.9 Å². The lowest BCUT2D eigenvalue weighted by atomic mass is 9.86. The lowest BCUT2D eigenvalue weighted by molar-refractivity contribution is -0.137. The molecule has 0 heterocycles. The molecule has 0 bridgehead atoms. The topological polar surface area (TPSA) is 50.4 Å². The molecule has 174 valence electrons. The predicted molar refractivity (Wildman–Crippen MR) is 120 cm³/mol. The highest BCUT2D eigenvalue weighted by molar-refractivity contribution is 6.33. The summed E-state index contributed by atoms with van der Waals surface area (Å²) in [6.45, 7) is 4.78. The SMILES string of the molecule is CC(C)Oc1cccc(NC[C@H]2CC[C@H](NC(=O)c3cc(C(F)(F)F)ccc3Cl)CC2)c1. The van der Waals surface area contributed by atoms with Gasteiger partial charge in [-0.3, -0.25) is 4.79 Å². The Morgan fingerprint density at radius 2 is 1.84 bits per heavy atom. The molecule has 0 unspecified atom stereocenters. The number of ether oxygens (including phenoxy) is 1. The number of amides is 1. The van der Waals surface area contributed by atoms with Crippen LogP contribution < -0.4 is 15.4 Å². The van der Waals surface area contributed by atoms with Crippen molar-refractivity contribution in [2.45, 2.75) is 57.9 Å². The summed E-state index contributed by atoms with van der Waals surface area (Å²) in [5.41, 5.74) is -0.0313. The highest BCUT2D eigenvalue weighted by Crippen LogP contribution is 2.32. The van der Waals surface area contributed by atoms with Crippen LogP contribution in [0.15, 0.2) is 42.5 Å². The molecule has 0 atom stereocenters. The maximum Gasteiger partial charge on any atom is 0.416 e. The minimum Gasteiger partial charge on any atom is -0.491 e. The predicted octanol–water partition coefficient (Wildman–Crippen LogP) is 6.55. The number of carbonyl (C=O) groups is 1. The van der Waals surface area contributed by atoms with Gasteiger partial charge in [-0.05, 0) is 75.8 Å². The molecule has 32 heavy (non-hydrogen) atoms. The van der Waals surface area contributed by atoms with Gasteiger partial charge in [0.2, 0.25) is 0 Å². The molecule has 1 amide bonds. The Morgan fingerprint density at radius 3 is 2.50 bits per heavy atom. The number of alkyl halides is 3. The van der Waals surface area contributed by atoms with Gasteiger partial charge in [0, 0.05) is 24.3 Å². The van der Waals surface area contributed by atoms with Crippen molar-refractivity contribution in [1.82, 2.24) is 5.32 Å². The number of carbonyl (C=O) groups excluding carboxylic acids is 1. The molecule has 2 N–H and O–H groups in total. The number of hydrogen-bond acceptors (Lipinski definition) is 3. The smallest absolute Gasteiger partial charge is 0.416 e. The molecule has 1 aliphatic carbocycles. The monoisotopic (exact) mass is 468 g/mol. The second-order valence-corrected chi connectivity index (χ2v) is 8.87. The molecule has 1 aliphatic rings. The summed E-state index contributed by atoms with van der Waals surface area (Å²) in [6, 6.07) is 10.6. The number of rotatable bonds is 7. The number of hydrogen-bond donors (Lipinski definition) is 2. The van der Waals surface area contributed by atoms with Gasteiger partial charge < -0.3 is 15.4 Å². The Balaban J connectivity index is 1.49. The van der Waals surface area contributed by atoms with E-state index in [1.165, 1.54) is 0 Å². The normalized spacial score (nSPS) is 19.0. The van der Waals surface area contributed by atoms with E-state index >= 15 is 0 Å². The molecule has 0 aromatic heterocycles. The van der Waals surface area contributed by atoms with Crippen LogP contribution in [0.25, 0.3) is 0 Å². The van der Waals surface area contributed by atoms with Gasteiger partial charge in [0.15, 0.2) is 0 Å². The first kappa shape index (κ1) is 24.2. The molecule has 2 aromatic carbocycles. The maximum absolute atomic E-state index is 12.9. The van der Waals surface area contributed by atoms with Crippen LogP contribution in [-0.4, -0.2) is 24.6 Å². The van der Waals surface area contributed by atoms with E-state index in [-0.39, 0.29) is 22.7 Å². The summed E-state index contributed by atoms with van der Waals surface area (Å²) in [6.07, 6.45) is -1.05. The van der Waals surface area contributed by atoms with E-state index in [1.807, 2.05) is 38.1 Å². The third-order valence-electron chi connectivity index (χ3n) is 5.52. The molecule has 0 aliphatic heterocycles. The van der Waals surface area contributed by atoms with Crippen LogP contribution in [0.1, 0.15) is 55.5 Å². The van der Waals surface area contributed by atoms with Gasteiger partial charge in [0.25, 0.3) is 5.91 Å². The van der Waals surface area contributed by atoms with Crippen molar-refractivity contribution in [3.63, 3.8) is 0 Å². The third kappa shape index (κ3) is 6.79. The fourth-order valence-electron chi connectivity index (χ4n) is 3.86. The summed E-state index contributed by atoms with van der Waals surface area (Å²) >= 11 is 5.97. The lowest BCUT2D eigenvalue weighted by Gasteiger charge is -2.29. The van der Waals surface area contributed by atoms with E-state index in [4.69, 9.17) is 16.3 Å². The largest absolute Gasteiger partial charge is 0.491 e. The summed E-state index contributed by atoms with van der Waals surface area (Å²) in [5.74, 6) is 0.712. The van der Waals surface area contributed by atoms with Crippen molar-refractivity contribution < 1.29 is 22.7 Å². The number of halogens is 4. The average Bonchev–Trinajstić information content (AvgIpc) is 2.72. The van der Waals surface area contributed by atoms with Gasteiger partial charge in [-0.1, -0.05) is 17.7 Å². The first-order valence-corrected chi connectivity index (χ1v) is 11.2. The molecule has 1 saturated carbocycles. The summed E-state index contributed by atoms with van der Waals surface area (Å²) in [4.78, 5) is 12.5. The maximum atomic E-state index is 12.9. The van der Waals surface area contributed by atoms with E-state index < -0.39 is 17.6 Å². The fourth-order valence-corrected chi connectivity index (χ4v) is 4.07. The van der Waals surface area contributed by atoms with E-state index in [0.717, 1.165) is 61.9 Å². The van der Waals surface area contributed by atoms with Crippen LogP contribution >= 0.6 is 11.6 Å². The quantitative estimate of drug-likeness (QED) is 0.484. The molecular formula is C24H28ClF3N2O2. The number of anilines is 1. The molecule has 0 spiro atoms. The standard InChI is InChI=1S/C24H28ClF3N2O2/c1-15(2)32-20-5-3-4-19(13-20)29-14-16-6-9-18(10-7-16)30-23(31)21-12-17(24(26,27)28)8-11-22(21)25/h3-5,8,11-13,15-16,18,29H,6-7,9-10,14H2,1-2H3,(H,30,31)/t16-,18-. The van der Waals surface area contributed by atoms with Crippen molar-refractivity contribution in [3.8, 4) is 5.75 Å². The Hall–Kier alpha value is -2.41. The van der Waals surface area contributed by atoms with Crippen molar-refractivity contribution in [1.29, 1.82) is 0 Å². The zero-order valence-electron chi connectivity index (χ0n) is 18.1. The van der Waals surface area contributed by atoms with Crippen molar-refractivity contribution in [2.75, 3.05) is 11.9 Å². The van der Waals surface area contributed by atoms with Crippen molar-refractivity contribution in [2.24, 2.45) is 5.92 Å². The zero-order chi connectivity index (χ0) is 23.3. The second-order valence-electron chi connectivity index (χ2n) is 8.46. The van der Waals surface area contributed by atoms with E-state index in [9.17, 15) is 18.0 Å². The fraction of sp³-hybridized carbons (Fsp3) is 0.458. The van der Waals surface area contributed by atoms with Crippen LogP contribution in [0.2, 0.25) is 5.02 Å². The summed E-state index contributed by atoms with van der Waals surface area (Å²) in [7, 11) is 0. The Labute approximate surface area is 191 Å². The number of nitrogens with one attached hydrogen (secondary N) is 2. The molecule has 2 aromatic rings. The van der Waals surface area contributed by atoms with Crippen LogP contribution in [0.3, 0.4) is 0 Å². The minimum absolute atomic E-state index is 0.0112. The molecule has 8 heteroatoms. The summed E-state index contributed by atoms with van der Waals surface area (Å²) < 4.78 is 44.6. The lowest BCUT2D eigenvalue weighted by Crippen LogP contribution is -2.38. The minimum atomic E-state index is -4.52. The van der Waals surface area contributed by atoms with Gasteiger partial charge in [0.05, 0.1) is 22.3 Å². The molecular weight excluding hydrogens is 441 g/mol. The molecule has 0 radical (unpaired) electrons. The highest BCUT2D eigenvalue weighted by atomic mass is 35.5. The van der Waals surface area contributed by atoms with Crippen molar-refractivity contribution in [3.05, 3.63) is 58.6 Å². The van der Waals surface area contributed by atoms with Gasteiger partial charge in [-0.25, -0.2) is 0 Å². The second kappa shape index (κ2) is 10.5. The number of benzene rings is 2. The Morgan fingerprint density at radius 1 is 1.12 bits per heavy atom. The van der Waals surface area contributed by atoms with E-state index in [2.05, 4.69) is 10.6 Å². The van der Waals surface area contributed by atoms with Crippen molar-refractivity contribution >= 4 is 23.2 Å². The van der Waals surface area contributed by atoms with Gasteiger partial charge in [0.1, 0.15) is 5.75 Å².